The molecule has 0 aliphatic carbocycles. The van der Waals surface area contributed by atoms with Crippen LogP contribution in [0, 0.1) is 5.92 Å². The van der Waals surface area contributed by atoms with Gasteiger partial charge in [-0.3, -0.25) is 9.59 Å². The van der Waals surface area contributed by atoms with E-state index in [1.807, 2.05) is 0 Å². The zero-order valence-corrected chi connectivity index (χ0v) is 10.1. The van der Waals surface area contributed by atoms with Crippen LogP contribution in [0.25, 0.3) is 0 Å². The van der Waals surface area contributed by atoms with E-state index >= 15 is 0 Å². The van der Waals surface area contributed by atoms with Gasteiger partial charge >= 0.3 is 0 Å². The summed E-state index contributed by atoms with van der Waals surface area (Å²) in [6, 6.07) is 0. The first-order valence-electron chi connectivity index (χ1n) is 2.48. The van der Waals surface area contributed by atoms with Gasteiger partial charge in [0.1, 0.15) is 0 Å². The minimum absolute atomic E-state index is 0. The topological polar surface area (TPSA) is 34.1 Å². The van der Waals surface area contributed by atoms with Crippen molar-refractivity contribution in [1.29, 1.82) is 0 Å². The molecule has 51 valence electrons. The molecule has 0 bridgehead atoms. The molecule has 0 fully saturated rings. The first-order chi connectivity index (χ1) is 4.09. The van der Waals surface area contributed by atoms with Gasteiger partial charge in [0.15, 0.2) is 10.9 Å². The predicted molar refractivity (Wildman–Crippen MR) is 44.1 cm³/mol. The molecule has 0 aliphatic rings. The molecular weight excluding hydrogens is 175 g/mol. The third kappa shape index (κ3) is 4.82. The van der Waals surface area contributed by atoms with E-state index in [1.54, 1.807) is 0 Å². The molecule has 4 heteroatoms. The normalized spacial score (nSPS) is 11.0. The summed E-state index contributed by atoms with van der Waals surface area (Å²) in [5.74, 6) is -0.930. The molecule has 10 heavy (non-hydrogen) atoms. The van der Waals surface area contributed by atoms with E-state index < -0.39 is 11.0 Å². The van der Waals surface area contributed by atoms with E-state index in [4.69, 9.17) is 0 Å². The Morgan fingerprint density at radius 2 is 2.00 bits per heavy atom. The van der Waals surface area contributed by atoms with Crippen molar-refractivity contribution in [2.24, 2.45) is 5.92 Å². The Labute approximate surface area is 108 Å². The Balaban J connectivity index is 0. The fourth-order valence-corrected chi connectivity index (χ4v) is 0.426. The van der Waals surface area contributed by atoms with Crippen LogP contribution in [-0.4, -0.2) is 62.3 Å². The molecule has 0 amide bonds. The Kier molecular flexibility index (Phi) is 9.22. The van der Waals surface area contributed by atoms with Gasteiger partial charge in [-0.1, -0.05) is 6.58 Å². The zero-order chi connectivity index (χ0) is 7.44. The van der Waals surface area contributed by atoms with Crippen LogP contribution in [0.1, 0.15) is 6.92 Å². The summed E-state index contributed by atoms with van der Waals surface area (Å²) in [6.45, 7) is 4.73. The van der Waals surface area contributed by atoms with Crippen LogP contribution in [0.15, 0.2) is 12.7 Å². The number of thiol groups is 1. The maximum atomic E-state index is 10.6. The Morgan fingerprint density at radius 3 is 2.10 bits per heavy atom. The predicted octanol–water partition coefficient (Wildman–Crippen LogP) is 0.453. The average molecular weight is 183 g/mol. The van der Waals surface area contributed by atoms with Crippen molar-refractivity contribution in [3.63, 3.8) is 0 Å². The smallest absolute Gasteiger partial charge is 0.196 e. The van der Waals surface area contributed by atoms with Crippen LogP contribution in [-0.2, 0) is 9.59 Å². The van der Waals surface area contributed by atoms with Gasteiger partial charge in [0.05, 0.1) is 5.92 Å². The van der Waals surface area contributed by atoms with E-state index in [2.05, 4.69) is 19.2 Å². The van der Waals surface area contributed by atoms with Crippen molar-refractivity contribution in [3.8, 4) is 0 Å². The van der Waals surface area contributed by atoms with Crippen LogP contribution in [0.3, 0.4) is 0 Å². The molecule has 1 radical (unpaired) electrons. The number of hydrogen-bond donors (Lipinski definition) is 1. The molecule has 0 rings (SSSR count). The second kappa shape index (κ2) is 6.76. The SMILES string of the molecule is C=CC(=O)C(C)C(=O)S.[K]. The number of carbonyl (C=O) groups is 2. The van der Waals surface area contributed by atoms with Crippen molar-refractivity contribution in [2.45, 2.75) is 6.92 Å². The molecule has 0 heterocycles. The van der Waals surface area contributed by atoms with Crippen molar-refractivity contribution in [2.75, 3.05) is 0 Å². The van der Waals surface area contributed by atoms with Gasteiger partial charge in [0, 0.05) is 51.4 Å². The van der Waals surface area contributed by atoms with Gasteiger partial charge in [0.25, 0.3) is 0 Å². The van der Waals surface area contributed by atoms with E-state index in [-0.39, 0.29) is 57.2 Å². The summed E-state index contributed by atoms with van der Waals surface area (Å²) in [5, 5.41) is -0.417. The molecule has 0 aromatic carbocycles. The molecule has 0 aromatic rings. The van der Waals surface area contributed by atoms with Crippen molar-refractivity contribution >= 4 is 74.9 Å². The van der Waals surface area contributed by atoms with Gasteiger partial charge in [-0.2, -0.15) is 0 Å². The number of allylic oxidation sites excluding steroid dienone is 1. The quantitative estimate of drug-likeness (QED) is 0.298. The van der Waals surface area contributed by atoms with Gasteiger partial charge in [0.2, 0.25) is 0 Å². The van der Waals surface area contributed by atoms with Crippen LogP contribution in [0.4, 0.5) is 0 Å². The Hall–Kier alpha value is 1.07. The minimum atomic E-state index is -0.647. The molecule has 0 N–H and O–H groups in total. The standard InChI is InChI=1S/C6H8O2S.K/c1-3-5(7)4(2)6(8)9;/h3-4H,1H2,2H3,(H,8,9);. The van der Waals surface area contributed by atoms with E-state index in [0.717, 1.165) is 6.08 Å². The van der Waals surface area contributed by atoms with Crippen molar-refractivity contribution in [3.05, 3.63) is 12.7 Å². The molecule has 1 unspecified atom stereocenters. The molecule has 0 saturated heterocycles. The zero-order valence-electron chi connectivity index (χ0n) is 6.13. The van der Waals surface area contributed by atoms with E-state index in [9.17, 15) is 9.59 Å². The third-order valence-corrected chi connectivity index (χ3v) is 1.39. The molecule has 0 saturated carbocycles. The minimum Gasteiger partial charge on any atom is -0.294 e. The van der Waals surface area contributed by atoms with Crippen LogP contribution < -0.4 is 0 Å². The molecule has 0 aliphatic heterocycles. The second-order valence-electron chi connectivity index (χ2n) is 1.67. The van der Waals surface area contributed by atoms with Gasteiger partial charge < -0.3 is 0 Å². The fourth-order valence-electron chi connectivity index (χ4n) is 0.298. The summed E-state index contributed by atoms with van der Waals surface area (Å²) in [4.78, 5) is 20.9. The van der Waals surface area contributed by atoms with Gasteiger partial charge in [-0.25, -0.2) is 0 Å². The fraction of sp³-hybridized carbons (Fsp3) is 0.333. The number of ketones is 1. The monoisotopic (exact) mass is 183 g/mol. The summed E-state index contributed by atoms with van der Waals surface area (Å²) in [7, 11) is 0. The van der Waals surface area contributed by atoms with Crippen LogP contribution in [0.2, 0.25) is 0 Å². The summed E-state index contributed by atoms with van der Waals surface area (Å²) < 4.78 is 0. The number of carbonyl (C=O) groups excluding carboxylic acids is 2. The number of hydrogen-bond acceptors (Lipinski definition) is 2. The number of rotatable bonds is 3. The van der Waals surface area contributed by atoms with E-state index in [1.165, 1.54) is 6.92 Å². The molecule has 2 nitrogen and oxygen atoms in total. The summed E-state index contributed by atoms with van der Waals surface area (Å²) in [5.41, 5.74) is 0. The largest absolute Gasteiger partial charge is 0.294 e. The Morgan fingerprint density at radius 1 is 1.60 bits per heavy atom. The van der Waals surface area contributed by atoms with E-state index in [0.29, 0.717) is 0 Å². The average Bonchev–Trinajstić information content (AvgIpc) is 1.84. The molecular formula is C6H8KO2S. The first kappa shape index (κ1) is 13.6. The van der Waals surface area contributed by atoms with Gasteiger partial charge in [-0.05, 0) is 13.0 Å². The van der Waals surface area contributed by atoms with Crippen LogP contribution >= 0.6 is 12.6 Å². The van der Waals surface area contributed by atoms with Crippen molar-refractivity contribution in [1.82, 2.24) is 0 Å². The molecule has 1 atom stereocenters. The first-order valence-corrected chi connectivity index (χ1v) is 2.93. The Bertz CT molecular complexity index is 156. The second-order valence-corrected chi connectivity index (χ2v) is 2.11. The molecule has 0 aromatic heterocycles. The molecule has 0 spiro atoms. The maximum Gasteiger partial charge on any atom is 0.196 e. The van der Waals surface area contributed by atoms with Gasteiger partial charge in [-0.15, -0.1) is 12.6 Å². The maximum absolute atomic E-state index is 10.6. The summed E-state index contributed by atoms with van der Waals surface area (Å²) >= 11 is 3.48. The third-order valence-electron chi connectivity index (χ3n) is 0.998. The van der Waals surface area contributed by atoms with Crippen LogP contribution in [0.5, 0.6) is 0 Å². The van der Waals surface area contributed by atoms with Crippen molar-refractivity contribution < 1.29 is 9.59 Å². The summed E-state index contributed by atoms with van der Waals surface area (Å²) in [6.07, 6.45) is 1.12.